The molecule has 0 aliphatic carbocycles. The number of piperidine rings is 1. The lowest BCUT2D eigenvalue weighted by atomic mass is 9.96. The molecule has 0 spiro atoms. The summed E-state index contributed by atoms with van der Waals surface area (Å²) in [5, 5.41) is 1.32. The molecule has 0 bridgehead atoms. The van der Waals surface area contributed by atoms with Crippen molar-refractivity contribution in [1.29, 1.82) is 0 Å². The molecule has 0 radical (unpaired) electrons. The largest absolute Gasteiger partial charge is 0.493 e. The SMILES string of the molecule is COc1cc(C)c(C[NH+]2CCC(c3nc4ccccc4s3)CC2)cc1OC. The summed E-state index contributed by atoms with van der Waals surface area (Å²) >= 11 is 1.87. The van der Waals surface area contributed by atoms with Gasteiger partial charge in [0.1, 0.15) is 6.54 Å². The Hall–Kier alpha value is -2.11. The van der Waals surface area contributed by atoms with Gasteiger partial charge >= 0.3 is 0 Å². The minimum atomic E-state index is 0.609. The predicted molar refractivity (Wildman–Crippen MR) is 110 cm³/mol. The van der Waals surface area contributed by atoms with Gasteiger partial charge in [-0.2, -0.15) is 0 Å². The molecule has 2 aromatic carbocycles. The van der Waals surface area contributed by atoms with Crippen molar-refractivity contribution in [2.24, 2.45) is 0 Å². The normalized spacial score (nSPS) is 20.0. The molecule has 4 nitrogen and oxygen atoms in total. The third-order valence-electron chi connectivity index (χ3n) is 5.63. The number of aryl methyl sites for hydroxylation is 1. The van der Waals surface area contributed by atoms with Crippen molar-refractivity contribution >= 4 is 21.6 Å². The van der Waals surface area contributed by atoms with Crippen molar-refractivity contribution in [2.45, 2.75) is 32.2 Å². The molecule has 1 aromatic heterocycles. The Kier molecular flexibility index (Phi) is 5.32. The van der Waals surface area contributed by atoms with Gasteiger partial charge in [-0.05, 0) is 36.8 Å². The highest BCUT2D eigenvalue weighted by Crippen LogP contribution is 2.32. The lowest BCUT2D eigenvalue weighted by molar-refractivity contribution is -0.919. The molecule has 0 atom stereocenters. The van der Waals surface area contributed by atoms with Crippen LogP contribution in [-0.2, 0) is 6.54 Å². The van der Waals surface area contributed by atoms with Gasteiger partial charge in [0.25, 0.3) is 0 Å². The lowest BCUT2D eigenvalue weighted by Crippen LogP contribution is -3.11. The molecule has 0 amide bonds. The van der Waals surface area contributed by atoms with Crippen LogP contribution >= 0.6 is 11.3 Å². The van der Waals surface area contributed by atoms with E-state index in [9.17, 15) is 0 Å². The maximum absolute atomic E-state index is 5.48. The van der Waals surface area contributed by atoms with Gasteiger partial charge in [-0.25, -0.2) is 4.98 Å². The molecule has 0 saturated carbocycles. The summed E-state index contributed by atoms with van der Waals surface area (Å²) in [7, 11) is 3.39. The molecule has 1 fully saturated rings. The molecular formula is C22H27N2O2S+. The van der Waals surface area contributed by atoms with Crippen molar-refractivity contribution < 1.29 is 14.4 Å². The number of hydrogen-bond donors (Lipinski definition) is 1. The summed E-state index contributed by atoms with van der Waals surface area (Å²) in [6, 6.07) is 12.7. The van der Waals surface area contributed by atoms with E-state index in [0.29, 0.717) is 5.92 Å². The summed E-state index contributed by atoms with van der Waals surface area (Å²) < 4.78 is 12.2. The van der Waals surface area contributed by atoms with Crippen LogP contribution in [0, 0.1) is 6.92 Å². The number of thiazole rings is 1. The zero-order valence-electron chi connectivity index (χ0n) is 16.2. The average molecular weight is 384 g/mol. The molecule has 5 heteroatoms. The molecule has 1 aliphatic heterocycles. The summed E-state index contributed by atoms with van der Waals surface area (Å²) in [6.45, 7) is 5.58. The van der Waals surface area contributed by atoms with Gasteiger partial charge in [0.05, 0.1) is 42.5 Å². The highest BCUT2D eigenvalue weighted by molar-refractivity contribution is 7.18. The van der Waals surface area contributed by atoms with Crippen molar-refractivity contribution in [3.8, 4) is 11.5 Å². The zero-order valence-corrected chi connectivity index (χ0v) is 17.1. The van der Waals surface area contributed by atoms with E-state index in [4.69, 9.17) is 14.5 Å². The molecule has 3 aromatic rings. The first-order valence-corrected chi connectivity index (χ1v) is 10.4. The van der Waals surface area contributed by atoms with E-state index >= 15 is 0 Å². The standard InChI is InChI=1S/C22H26N2O2S/c1-15-12-19(25-2)20(26-3)13-17(15)14-24-10-8-16(9-11-24)22-23-18-6-4-5-7-21(18)27-22/h4-7,12-13,16H,8-11,14H2,1-3H3/p+1. The third-order valence-corrected chi connectivity index (χ3v) is 6.83. The number of fused-ring (bicyclic) bond motifs is 1. The Morgan fingerprint density at radius 3 is 2.48 bits per heavy atom. The van der Waals surface area contributed by atoms with Gasteiger partial charge in [0.15, 0.2) is 11.5 Å². The Bertz CT molecular complexity index is 896. The van der Waals surface area contributed by atoms with E-state index in [-0.39, 0.29) is 0 Å². The molecule has 1 saturated heterocycles. The number of ether oxygens (including phenoxy) is 2. The number of para-hydroxylation sites is 1. The van der Waals surface area contributed by atoms with E-state index < -0.39 is 0 Å². The van der Waals surface area contributed by atoms with Crippen LogP contribution < -0.4 is 14.4 Å². The molecular weight excluding hydrogens is 356 g/mol. The topological polar surface area (TPSA) is 35.8 Å². The van der Waals surface area contributed by atoms with Crippen LogP contribution in [0.15, 0.2) is 36.4 Å². The van der Waals surface area contributed by atoms with Gasteiger partial charge < -0.3 is 14.4 Å². The minimum Gasteiger partial charge on any atom is -0.493 e. The maximum atomic E-state index is 5.48. The smallest absolute Gasteiger partial charge is 0.161 e. The summed E-state index contributed by atoms with van der Waals surface area (Å²) in [6.07, 6.45) is 2.42. The molecule has 2 heterocycles. The van der Waals surface area contributed by atoms with Gasteiger partial charge in [0, 0.05) is 24.3 Å². The Balaban J connectivity index is 1.42. The third kappa shape index (κ3) is 3.80. The van der Waals surface area contributed by atoms with Crippen LogP contribution in [0.1, 0.15) is 34.9 Å². The van der Waals surface area contributed by atoms with Crippen LogP contribution in [0.2, 0.25) is 0 Å². The van der Waals surface area contributed by atoms with Gasteiger partial charge in [-0.3, -0.25) is 0 Å². The fraction of sp³-hybridized carbons (Fsp3) is 0.409. The van der Waals surface area contributed by atoms with Gasteiger partial charge in [-0.1, -0.05) is 12.1 Å². The molecule has 0 unspecified atom stereocenters. The molecule has 1 aliphatic rings. The van der Waals surface area contributed by atoms with Crippen molar-refractivity contribution in [2.75, 3.05) is 27.3 Å². The molecule has 27 heavy (non-hydrogen) atoms. The number of benzene rings is 2. The van der Waals surface area contributed by atoms with Crippen molar-refractivity contribution in [1.82, 2.24) is 4.98 Å². The van der Waals surface area contributed by atoms with Gasteiger partial charge in [-0.15, -0.1) is 11.3 Å². The Morgan fingerprint density at radius 2 is 1.78 bits per heavy atom. The minimum absolute atomic E-state index is 0.609. The fourth-order valence-electron chi connectivity index (χ4n) is 4.00. The number of nitrogens with zero attached hydrogens (tertiary/aromatic N) is 1. The first-order chi connectivity index (χ1) is 13.2. The Labute approximate surface area is 164 Å². The second-order valence-corrected chi connectivity index (χ2v) is 8.42. The lowest BCUT2D eigenvalue weighted by Gasteiger charge is -2.29. The van der Waals surface area contributed by atoms with Crippen LogP contribution in [0.5, 0.6) is 11.5 Å². The van der Waals surface area contributed by atoms with Crippen molar-refractivity contribution in [3.05, 3.63) is 52.5 Å². The number of aromatic nitrogens is 1. The van der Waals surface area contributed by atoms with Crippen LogP contribution in [0.25, 0.3) is 10.2 Å². The number of nitrogens with one attached hydrogen (secondary N) is 1. The second kappa shape index (κ2) is 7.87. The maximum Gasteiger partial charge on any atom is 0.161 e. The fourth-order valence-corrected chi connectivity index (χ4v) is 5.13. The number of methoxy groups -OCH3 is 2. The first-order valence-electron chi connectivity index (χ1n) is 9.58. The van der Waals surface area contributed by atoms with Crippen LogP contribution in [0.4, 0.5) is 0 Å². The molecule has 142 valence electrons. The summed E-state index contributed by atoms with van der Waals surface area (Å²) in [4.78, 5) is 6.52. The summed E-state index contributed by atoms with van der Waals surface area (Å²) in [5.41, 5.74) is 3.77. The van der Waals surface area contributed by atoms with E-state index in [0.717, 1.165) is 23.6 Å². The number of hydrogen-bond acceptors (Lipinski definition) is 4. The number of likely N-dealkylation sites (tertiary alicyclic amines) is 1. The van der Waals surface area contributed by atoms with Crippen molar-refractivity contribution in [3.63, 3.8) is 0 Å². The first kappa shape index (κ1) is 18.3. The van der Waals surface area contributed by atoms with E-state index in [1.54, 1.807) is 19.1 Å². The number of quaternary nitrogens is 1. The number of rotatable bonds is 5. The van der Waals surface area contributed by atoms with Crippen LogP contribution in [0.3, 0.4) is 0 Å². The highest BCUT2D eigenvalue weighted by atomic mass is 32.1. The predicted octanol–water partition coefficient (Wildman–Crippen LogP) is 3.58. The highest BCUT2D eigenvalue weighted by Gasteiger charge is 2.26. The van der Waals surface area contributed by atoms with Crippen LogP contribution in [-0.4, -0.2) is 32.3 Å². The van der Waals surface area contributed by atoms with E-state index in [1.165, 1.54) is 46.8 Å². The average Bonchev–Trinajstić information content (AvgIpc) is 3.14. The van der Waals surface area contributed by atoms with E-state index in [1.807, 2.05) is 11.3 Å². The monoisotopic (exact) mass is 383 g/mol. The molecule has 1 N–H and O–H groups in total. The summed E-state index contributed by atoms with van der Waals surface area (Å²) in [5.74, 6) is 2.24. The van der Waals surface area contributed by atoms with E-state index in [2.05, 4.69) is 43.3 Å². The zero-order chi connectivity index (χ0) is 18.8. The molecule has 4 rings (SSSR count). The van der Waals surface area contributed by atoms with Gasteiger partial charge in [0.2, 0.25) is 0 Å². The quantitative estimate of drug-likeness (QED) is 0.731. The Morgan fingerprint density at radius 1 is 1.07 bits per heavy atom. The second-order valence-electron chi connectivity index (χ2n) is 7.35.